The average molecular weight is 124 g/mol. The minimum Gasteiger partial charge on any atom is -0.394 e. The van der Waals surface area contributed by atoms with E-state index in [1.807, 2.05) is 7.85 Å². The van der Waals surface area contributed by atoms with E-state index in [-0.39, 0.29) is 0 Å². The summed E-state index contributed by atoms with van der Waals surface area (Å²) in [6.45, 7) is 4.14. The van der Waals surface area contributed by atoms with Gasteiger partial charge >= 0.3 is 0 Å². The van der Waals surface area contributed by atoms with Crippen LogP contribution < -0.4 is 5.32 Å². The molecular weight excluding hydrogens is 111 g/mol. The molecule has 2 nitrogen and oxygen atoms in total. The highest BCUT2D eigenvalue weighted by Gasteiger charge is 1.88. The van der Waals surface area contributed by atoms with Crippen LogP contribution in [-0.2, 0) is 0 Å². The van der Waals surface area contributed by atoms with Crippen LogP contribution in [0.3, 0.4) is 0 Å². The van der Waals surface area contributed by atoms with Gasteiger partial charge in [0.05, 0.1) is 0 Å². The lowest BCUT2D eigenvalue weighted by Gasteiger charge is -2.08. The summed E-state index contributed by atoms with van der Waals surface area (Å²) < 4.78 is 0. The van der Waals surface area contributed by atoms with Crippen LogP contribution in [0.1, 0.15) is 13.8 Å². The molecule has 50 valence electrons. The number of hydrogen-bond donors (Lipinski definition) is 2. The molecule has 0 unspecified atom stereocenters. The first kappa shape index (κ1) is 8.27. The van der Waals surface area contributed by atoms with Gasteiger partial charge in [0, 0.05) is 12.3 Å². The minimum atomic E-state index is 0.459. The fourth-order valence-corrected chi connectivity index (χ4v) is 0.628. The summed E-state index contributed by atoms with van der Waals surface area (Å²) in [4.78, 5) is 0. The van der Waals surface area contributed by atoms with Crippen LogP contribution in [0.2, 0.25) is 0 Å². The summed E-state index contributed by atoms with van der Waals surface area (Å²) in [5.41, 5.74) is 1.04. The number of allylic oxidation sites excluding steroid dienone is 1. The van der Waals surface area contributed by atoms with Crippen molar-refractivity contribution in [1.29, 1.82) is 5.41 Å². The first-order valence-corrected chi connectivity index (χ1v) is 3.10. The molecule has 0 aliphatic heterocycles. The van der Waals surface area contributed by atoms with E-state index < -0.39 is 0 Å². The van der Waals surface area contributed by atoms with Crippen LogP contribution in [0.4, 0.5) is 0 Å². The fourth-order valence-electron chi connectivity index (χ4n) is 0.628. The first-order chi connectivity index (χ1) is 4.16. The van der Waals surface area contributed by atoms with E-state index in [1.165, 1.54) is 6.21 Å². The molecule has 9 heavy (non-hydrogen) atoms. The van der Waals surface area contributed by atoms with Gasteiger partial charge in [0.2, 0.25) is 0 Å². The number of hydrogen-bond acceptors (Lipinski definition) is 2. The summed E-state index contributed by atoms with van der Waals surface area (Å²) >= 11 is 0. The van der Waals surface area contributed by atoms with Crippen LogP contribution in [0.15, 0.2) is 11.7 Å². The van der Waals surface area contributed by atoms with Crippen molar-refractivity contribution in [3.63, 3.8) is 0 Å². The maximum atomic E-state index is 6.74. The molecule has 0 aromatic carbocycles. The van der Waals surface area contributed by atoms with E-state index in [2.05, 4.69) is 19.2 Å². The van der Waals surface area contributed by atoms with Gasteiger partial charge in [-0.1, -0.05) is 0 Å². The highest BCUT2D eigenvalue weighted by molar-refractivity contribution is 6.22. The molecular formula is C6H13BN2. The van der Waals surface area contributed by atoms with Crippen molar-refractivity contribution < 1.29 is 0 Å². The Bertz CT molecular complexity index is 118. The molecule has 0 fully saturated rings. The fraction of sp³-hybridized carbons (Fsp3) is 0.500. The predicted octanol–water partition coefficient (Wildman–Crippen LogP) is 0.108. The normalized spacial score (nSPS) is 11.7. The lowest BCUT2D eigenvalue weighted by Crippen LogP contribution is -2.21. The smallest absolute Gasteiger partial charge is 0.160 e. The molecule has 0 amide bonds. The van der Waals surface area contributed by atoms with Crippen LogP contribution in [0.25, 0.3) is 0 Å². The van der Waals surface area contributed by atoms with Crippen LogP contribution in [0.5, 0.6) is 0 Å². The summed E-state index contributed by atoms with van der Waals surface area (Å²) in [6, 6.07) is 0.459. The molecule has 0 saturated heterocycles. The lowest BCUT2D eigenvalue weighted by atomic mass is 10.0. The van der Waals surface area contributed by atoms with Gasteiger partial charge in [-0.25, -0.2) is 0 Å². The molecule has 3 heteroatoms. The molecule has 0 aliphatic rings. The number of rotatable bonds is 3. The third kappa shape index (κ3) is 5.14. The maximum Gasteiger partial charge on any atom is 0.160 e. The van der Waals surface area contributed by atoms with Gasteiger partial charge in [0.1, 0.15) is 0 Å². The summed E-state index contributed by atoms with van der Waals surface area (Å²) in [5, 5.41) is 9.89. The largest absolute Gasteiger partial charge is 0.394 e. The predicted molar refractivity (Wildman–Crippen MR) is 43.7 cm³/mol. The standard InChI is InChI=1S/C6H13BN2/c1-5(2)9-6(7)3-4-8/h3-5,8-9H,7H2,1-2H3/b6-3-,8-4?. The Morgan fingerprint density at radius 2 is 2.22 bits per heavy atom. The van der Waals surface area contributed by atoms with Crippen molar-refractivity contribution in [3.05, 3.63) is 11.7 Å². The van der Waals surface area contributed by atoms with Gasteiger partial charge in [-0.3, -0.25) is 0 Å². The molecule has 0 heterocycles. The second kappa shape index (κ2) is 4.18. The van der Waals surface area contributed by atoms with Gasteiger partial charge in [0.15, 0.2) is 7.85 Å². The summed E-state index contributed by atoms with van der Waals surface area (Å²) in [7, 11) is 1.95. The monoisotopic (exact) mass is 124 g/mol. The van der Waals surface area contributed by atoms with Gasteiger partial charge in [0.25, 0.3) is 0 Å². The van der Waals surface area contributed by atoms with Crippen LogP contribution in [-0.4, -0.2) is 20.1 Å². The van der Waals surface area contributed by atoms with Crippen molar-refractivity contribution in [3.8, 4) is 0 Å². The average Bonchev–Trinajstić information content (AvgIpc) is 1.63. The van der Waals surface area contributed by atoms with E-state index in [0.29, 0.717) is 6.04 Å². The molecule has 0 aliphatic carbocycles. The minimum absolute atomic E-state index is 0.459. The molecule has 0 radical (unpaired) electrons. The zero-order valence-electron chi connectivity index (χ0n) is 6.23. The highest BCUT2D eigenvalue weighted by atomic mass is 14.9. The molecule has 0 spiro atoms. The summed E-state index contributed by atoms with van der Waals surface area (Å²) in [5.74, 6) is 0. The van der Waals surface area contributed by atoms with Crippen LogP contribution in [0, 0.1) is 5.41 Å². The van der Waals surface area contributed by atoms with Gasteiger partial charge in [-0.2, -0.15) is 0 Å². The van der Waals surface area contributed by atoms with Crippen LogP contribution >= 0.6 is 0 Å². The molecule has 2 N–H and O–H groups in total. The third-order valence-corrected chi connectivity index (χ3v) is 0.850. The van der Waals surface area contributed by atoms with E-state index in [9.17, 15) is 0 Å². The Morgan fingerprint density at radius 1 is 1.67 bits per heavy atom. The zero-order chi connectivity index (χ0) is 7.28. The second-order valence-electron chi connectivity index (χ2n) is 2.32. The quantitative estimate of drug-likeness (QED) is 0.406. The molecule has 0 aromatic rings. The Labute approximate surface area is 57.3 Å². The SMILES string of the molecule is B/C(=C/C=N)NC(C)C. The zero-order valence-corrected chi connectivity index (χ0v) is 6.23. The van der Waals surface area contributed by atoms with Crippen molar-refractivity contribution in [2.75, 3.05) is 0 Å². The van der Waals surface area contributed by atoms with Crippen molar-refractivity contribution in [2.45, 2.75) is 19.9 Å². The molecule has 0 atom stereocenters. The topological polar surface area (TPSA) is 35.9 Å². The Morgan fingerprint density at radius 3 is 2.56 bits per heavy atom. The van der Waals surface area contributed by atoms with E-state index in [0.717, 1.165) is 5.60 Å². The van der Waals surface area contributed by atoms with Gasteiger partial charge in [-0.15, -0.1) is 0 Å². The van der Waals surface area contributed by atoms with E-state index in [4.69, 9.17) is 5.41 Å². The van der Waals surface area contributed by atoms with Crippen molar-refractivity contribution in [1.82, 2.24) is 5.32 Å². The molecule has 0 aromatic heterocycles. The molecule has 0 rings (SSSR count). The Kier molecular flexibility index (Phi) is 3.85. The first-order valence-electron chi connectivity index (χ1n) is 3.10. The molecule has 0 saturated carbocycles. The van der Waals surface area contributed by atoms with Crippen molar-refractivity contribution >= 4 is 14.1 Å². The van der Waals surface area contributed by atoms with Gasteiger partial charge in [-0.05, 0) is 25.5 Å². The van der Waals surface area contributed by atoms with E-state index in [1.54, 1.807) is 6.08 Å². The van der Waals surface area contributed by atoms with Gasteiger partial charge < -0.3 is 10.7 Å². The van der Waals surface area contributed by atoms with Crippen molar-refractivity contribution in [2.24, 2.45) is 0 Å². The maximum absolute atomic E-state index is 6.74. The second-order valence-corrected chi connectivity index (χ2v) is 2.32. The third-order valence-electron chi connectivity index (χ3n) is 0.850. The van der Waals surface area contributed by atoms with E-state index >= 15 is 0 Å². The Balaban J connectivity index is 3.61. The summed E-state index contributed by atoms with van der Waals surface area (Å²) in [6.07, 6.45) is 3.02. The highest BCUT2D eigenvalue weighted by Crippen LogP contribution is 1.82. The number of nitrogens with one attached hydrogen (secondary N) is 2. The molecule has 0 bridgehead atoms. The Hall–Kier alpha value is -0.725. The lowest BCUT2D eigenvalue weighted by molar-refractivity contribution is 0.693.